The molecule has 0 aliphatic carbocycles. The van der Waals surface area contributed by atoms with Gasteiger partial charge in [0, 0.05) is 5.88 Å². The molecule has 0 rings (SSSR count). The van der Waals surface area contributed by atoms with Crippen LogP contribution in [-0.4, -0.2) is 28.9 Å². The van der Waals surface area contributed by atoms with Crippen molar-refractivity contribution in [1.29, 1.82) is 0 Å². The van der Waals surface area contributed by atoms with Crippen LogP contribution in [0.5, 0.6) is 0 Å². The van der Waals surface area contributed by atoms with Gasteiger partial charge in [-0.15, -0.1) is 11.6 Å². The van der Waals surface area contributed by atoms with Crippen molar-refractivity contribution >= 4 is 34.7 Å². The summed E-state index contributed by atoms with van der Waals surface area (Å²) < 4.78 is 0. The van der Waals surface area contributed by atoms with Gasteiger partial charge in [0.15, 0.2) is 0 Å². The van der Waals surface area contributed by atoms with Gasteiger partial charge in [-0.2, -0.15) is 0 Å². The molecule has 0 N–H and O–H groups in total. The van der Waals surface area contributed by atoms with E-state index in [-0.39, 0.29) is 25.9 Å². The topological polar surface area (TPSA) is 0 Å². The third-order valence-electron chi connectivity index (χ3n) is 0.678. The van der Waals surface area contributed by atoms with Crippen molar-refractivity contribution in [2.75, 3.05) is 5.88 Å². The van der Waals surface area contributed by atoms with Crippen molar-refractivity contribution in [1.82, 2.24) is 0 Å². The molecule has 0 atom stereocenters. The first-order valence-corrected chi connectivity index (χ1v) is 3.16. The Bertz CT molecular complexity index is 59.7. The normalized spacial score (nSPS) is 9.25. The van der Waals surface area contributed by atoms with Crippen molar-refractivity contribution < 1.29 is 2.85 Å². The molecule has 2 heteroatoms. The molecule has 0 aromatic rings. The Hall–Kier alpha value is 0.796. The fourth-order valence-corrected chi connectivity index (χ4v) is 0.474. The van der Waals surface area contributed by atoms with Gasteiger partial charge in [0.2, 0.25) is 0 Å². The van der Waals surface area contributed by atoms with E-state index in [9.17, 15) is 0 Å². The van der Waals surface area contributed by atoms with Crippen LogP contribution >= 0.6 is 11.6 Å². The minimum atomic E-state index is 0. The molecule has 0 fully saturated rings. The molecule has 0 heterocycles. The number of halogens is 1. The predicted molar refractivity (Wildman–Crippen MR) is 42.7 cm³/mol. The van der Waals surface area contributed by atoms with Crippen LogP contribution in [0.15, 0.2) is 12.2 Å². The number of hydrogen-bond donors (Lipinski definition) is 0. The molecule has 0 amide bonds. The van der Waals surface area contributed by atoms with Gasteiger partial charge in [-0.1, -0.05) is 19.1 Å². The number of allylic oxidation sites excluding steroid dienone is 2. The van der Waals surface area contributed by atoms with Crippen LogP contribution < -0.4 is 0 Å². The fraction of sp³-hybridized carbons (Fsp3) is 0.667. The molecule has 46 valence electrons. The van der Waals surface area contributed by atoms with Gasteiger partial charge in [0.05, 0.1) is 0 Å². The van der Waals surface area contributed by atoms with E-state index in [0.29, 0.717) is 0 Å². The van der Waals surface area contributed by atoms with Crippen LogP contribution in [0.2, 0.25) is 0 Å². The maximum atomic E-state index is 5.39. The predicted octanol–water partition coefficient (Wildman–Crippen LogP) is 2.43. The Morgan fingerprint density at radius 2 is 2.12 bits per heavy atom. The Kier molecular flexibility index (Phi) is 15.5. The minimum Gasteiger partial charge on any atom is -1.00 e. The third-order valence-corrected chi connectivity index (χ3v) is 0.896. The number of alkyl halides is 1. The average molecular weight is 145 g/mol. The Labute approximate surface area is 75.4 Å². The van der Waals surface area contributed by atoms with E-state index < -0.39 is 0 Å². The summed E-state index contributed by atoms with van der Waals surface area (Å²) in [6, 6.07) is 0. The first kappa shape index (κ1) is 11.6. The molecule has 0 bridgehead atoms. The van der Waals surface area contributed by atoms with E-state index in [1.165, 1.54) is 0 Å². The molecule has 0 spiro atoms. The van der Waals surface area contributed by atoms with E-state index >= 15 is 0 Å². The molecule has 0 aliphatic heterocycles. The third kappa shape index (κ3) is 9.93. The van der Waals surface area contributed by atoms with Gasteiger partial charge < -0.3 is 2.85 Å². The zero-order valence-electron chi connectivity index (χ0n) is 7.36. The van der Waals surface area contributed by atoms with Gasteiger partial charge in [-0.05, 0) is 12.8 Å². The molecule has 0 aromatic carbocycles. The van der Waals surface area contributed by atoms with Crippen LogP contribution in [0.3, 0.4) is 0 Å². The van der Waals surface area contributed by atoms with E-state index in [1.54, 1.807) is 0 Å². The molecule has 0 saturated carbocycles. The van der Waals surface area contributed by atoms with Gasteiger partial charge in [0.25, 0.3) is 0 Å². The van der Waals surface area contributed by atoms with E-state index in [4.69, 9.17) is 11.6 Å². The van der Waals surface area contributed by atoms with Crippen molar-refractivity contribution in [3.63, 3.8) is 0 Å². The molecule has 0 aliphatic rings. The second-order valence-corrected chi connectivity index (χ2v) is 1.74. The van der Waals surface area contributed by atoms with Gasteiger partial charge in [-0.25, -0.2) is 0 Å². The molecule has 8 heavy (non-hydrogen) atoms. The standard InChI is InChI=1S/C6H11Cl.Mg.2H/c1-2-3-4-5-6-7;;;/h3-4H,2,5-6H2,1H3;;;/q;+2;2*-1/b4-3-;;;. The van der Waals surface area contributed by atoms with Gasteiger partial charge in [0.1, 0.15) is 0 Å². The van der Waals surface area contributed by atoms with Crippen molar-refractivity contribution in [3.8, 4) is 0 Å². The summed E-state index contributed by atoms with van der Waals surface area (Å²) in [5, 5.41) is 0. The second-order valence-electron chi connectivity index (χ2n) is 1.36. The SMILES string of the molecule is CC/C=C\CCCl.[H-].[H-].[Mg+2]. The Morgan fingerprint density at radius 1 is 1.50 bits per heavy atom. The molecule has 0 unspecified atom stereocenters. The van der Waals surface area contributed by atoms with E-state index in [0.717, 1.165) is 18.7 Å². The Balaban J connectivity index is -0.0000000600. The zero-order valence-corrected chi connectivity index (χ0v) is 7.53. The summed E-state index contributed by atoms with van der Waals surface area (Å²) >= 11 is 5.39. The van der Waals surface area contributed by atoms with Gasteiger partial charge >= 0.3 is 23.1 Å². The van der Waals surface area contributed by atoms with E-state index in [1.807, 2.05) is 0 Å². The van der Waals surface area contributed by atoms with Gasteiger partial charge in [-0.3, -0.25) is 0 Å². The first-order chi connectivity index (χ1) is 3.41. The second kappa shape index (κ2) is 10.7. The van der Waals surface area contributed by atoms with Crippen molar-refractivity contribution in [2.45, 2.75) is 19.8 Å². The van der Waals surface area contributed by atoms with Crippen LogP contribution in [0.25, 0.3) is 0 Å². The molecular formula is C6H13ClMg. The maximum absolute atomic E-state index is 5.39. The summed E-state index contributed by atoms with van der Waals surface area (Å²) in [6.07, 6.45) is 6.36. The van der Waals surface area contributed by atoms with Crippen molar-refractivity contribution in [3.05, 3.63) is 12.2 Å². The summed E-state index contributed by atoms with van der Waals surface area (Å²) in [5.41, 5.74) is 0. The molecular weight excluding hydrogens is 132 g/mol. The van der Waals surface area contributed by atoms with Crippen LogP contribution in [0.4, 0.5) is 0 Å². The molecule has 0 aromatic heterocycles. The molecule has 0 radical (unpaired) electrons. The first-order valence-electron chi connectivity index (χ1n) is 2.62. The van der Waals surface area contributed by atoms with Crippen LogP contribution in [0, 0.1) is 0 Å². The van der Waals surface area contributed by atoms with E-state index in [2.05, 4.69) is 19.1 Å². The summed E-state index contributed by atoms with van der Waals surface area (Å²) in [6.45, 7) is 2.12. The Morgan fingerprint density at radius 3 is 2.50 bits per heavy atom. The number of hydrogen-bond acceptors (Lipinski definition) is 0. The van der Waals surface area contributed by atoms with Crippen molar-refractivity contribution in [2.24, 2.45) is 0 Å². The number of rotatable bonds is 3. The largest absolute Gasteiger partial charge is 2.00 e. The monoisotopic (exact) mass is 144 g/mol. The molecule has 0 nitrogen and oxygen atoms in total. The summed E-state index contributed by atoms with van der Waals surface area (Å²) in [4.78, 5) is 0. The fourth-order valence-electron chi connectivity index (χ4n) is 0.348. The quantitative estimate of drug-likeness (QED) is 0.325. The summed E-state index contributed by atoms with van der Waals surface area (Å²) in [5.74, 6) is 0.747. The smallest absolute Gasteiger partial charge is 1.00 e. The minimum absolute atomic E-state index is 0. The van der Waals surface area contributed by atoms with Crippen LogP contribution in [-0.2, 0) is 0 Å². The molecule has 0 saturated heterocycles. The zero-order chi connectivity index (χ0) is 5.54. The van der Waals surface area contributed by atoms with Crippen LogP contribution in [0.1, 0.15) is 22.6 Å². The average Bonchev–Trinajstić information content (AvgIpc) is 1.69. The maximum Gasteiger partial charge on any atom is 2.00 e. The summed E-state index contributed by atoms with van der Waals surface area (Å²) in [7, 11) is 0.